The molecule has 98 valence electrons. The summed E-state index contributed by atoms with van der Waals surface area (Å²) in [5.41, 5.74) is 0.968. The van der Waals surface area contributed by atoms with Gasteiger partial charge in [0.25, 0.3) is 0 Å². The van der Waals surface area contributed by atoms with Crippen LogP contribution in [0.15, 0.2) is 55.3 Å². The van der Waals surface area contributed by atoms with Crippen LogP contribution < -0.4 is 4.90 Å². The molecule has 0 unspecified atom stereocenters. The van der Waals surface area contributed by atoms with Crippen molar-refractivity contribution in [2.75, 3.05) is 11.9 Å². The fourth-order valence-electron chi connectivity index (χ4n) is 1.33. The Hall–Kier alpha value is -1.90. The maximum absolute atomic E-state index is 13.5. The highest BCUT2D eigenvalue weighted by atomic mass is 19.1. The third-order valence-corrected chi connectivity index (χ3v) is 2.16. The van der Waals surface area contributed by atoms with Crippen LogP contribution in [-0.4, -0.2) is 7.05 Å². The van der Waals surface area contributed by atoms with E-state index in [0.29, 0.717) is 5.70 Å². The average Bonchev–Trinajstić information content (AvgIpc) is 2.37. The molecule has 0 aliphatic carbocycles. The van der Waals surface area contributed by atoms with Crippen LogP contribution in [0.3, 0.4) is 0 Å². The Bertz CT molecular complexity index is 436. The summed E-state index contributed by atoms with van der Waals surface area (Å²) in [5.74, 6) is -1.21. The first-order valence-electron chi connectivity index (χ1n) is 5.74. The average molecular weight is 251 g/mol. The summed E-state index contributed by atoms with van der Waals surface area (Å²) in [4.78, 5) is 1.57. The Morgan fingerprint density at radius 1 is 1.22 bits per heavy atom. The van der Waals surface area contributed by atoms with Crippen LogP contribution in [0.5, 0.6) is 0 Å². The first-order chi connectivity index (χ1) is 8.60. The molecule has 0 fully saturated rings. The van der Waals surface area contributed by atoms with Gasteiger partial charge in [-0.1, -0.05) is 33.1 Å². The van der Waals surface area contributed by atoms with Gasteiger partial charge in [-0.15, -0.1) is 0 Å². The van der Waals surface area contributed by atoms with Crippen molar-refractivity contribution in [3.05, 3.63) is 66.9 Å². The van der Waals surface area contributed by atoms with Crippen LogP contribution in [0.4, 0.5) is 14.5 Å². The maximum atomic E-state index is 13.5. The quantitative estimate of drug-likeness (QED) is 0.702. The summed E-state index contributed by atoms with van der Waals surface area (Å²) in [5, 5.41) is 0. The standard InChI is InChI=1S/C13H13F2N.C2H6/c1-4-6-11(5-2)16(3)13-8-7-10(14)9-12(13)15;1-2/h4-9H,1-2H2,3H3;1-2H3/b11-6-;. The van der Waals surface area contributed by atoms with Crippen molar-refractivity contribution in [3.8, 4) is 0 Å². The number of halogens is 2. The molecule has 0 N–H and O–H groups in total. The van der Waals surface area contributed by atoms with Gasteiger partial charge >= 0.3 is 0 Å². The first kappa shape index (κ1) is 16.1. The molecule has 0 aliphatic heterocycles. The Labute approximate surface area is 108 Å². The summed E-state index contributed by atoms with van der Waals surface area (Å²) >= 11 is 0. The van der Waals surface area contributed by atoms with E-state index in [1.54, 1.807) is 30.2 Å². The molecule has 0 aliphatic rings. The first-order valence-corrected chi connectivity index (χ1v) is 5.74. The SMILES string of the molecule is C=C/C=C(/C=C)N(C)c1ccc(F)cc1F.CC. The van der Waals surface area contributed by atoms with Gasteiger partial charge in [-0.2, -0.15) is 0 Å². The summed E-state index contributed by atoms with van der Waals surface area (Å²) < 4.78 is 26.2. The van der Waals surface area contributed by atoms with Gasteiger partial charge in [0.1, 0.15) is 11.6 Å². The predicted octanol–water partition coefficient (Wildman–Crippen LogP) is 4.68. The number of hydrogen-bond donors (Lipinski definition) is 0. The molecule has 1 aromatic rings. The molecular weight excluding hydrogens is 232 g/mol. The fourth-order valence-corrected chi connectivity index (χ4v) is 1.33. The monoisotopic (exact) mass is 251 g/mol. The van der Waals surface area contributed by atoms with E-state index >= 15 is 0 Å². The molecule has 0 heterocycles. The van der Waals surface area contributed by atoms with Crippen molar-refractivity contribution in [1.82, 2.24) is 0 Å². The van der Waals surface area contributed by atoms with Crippen LogP contribution in [0, 0.1) is 11.6 Å². The molecule has 0 saturated heterocycles. The van der Waals surface area contributed by atoms with E-state index in [1.807, 2.05) is 13.8 Å². The topological polar surface area (TPSA) is 3.24 Å². The Balaban J connectivity index is 0.00000137. The molecule has 0 radical (unpaired) electrons. The minimum absolute atomic E-state index is 0.286. The second kappa shape index (κ2) is 8.23. The van der Waals surface area contributed by atoms with Crippen molar-refractivity contribution in [3.63, 3.8) is 0 Å². The smallest absolute Gasteiger partial charge is 0.149 e. The van der Waals surface area contributed by atoms with Crippen molar-refractivity contribution < 1.29 is 8.78 Å². The Morgan fingerprint density at radius 2 is 1.83 bits per heavy atom. The largest absolute Gasteiger partial charge is 0.342 e. The molecule has 0 bridgehead atoms. The lowest BCUT2D eigenvalue weighted by atomic mass is 10.2. The molecule has 0 spiro atoms. The second-order valence-electron chi connectivity index (χ2n) is 3.19. The van der Waals surface area contributed by atoms with Gasteiger partial charge in [-0.3, -0.25) is 0 Å². The van der Waals surface area contributed by atoms with Crippen molar-refractivity contribution in [1.29, 1.82) is 0 Å². The lowest BCUT2D eigenvalue weighted by Crippen LogP contribution is -2.16. The zero-order chi connectivity index (χ0) is 14.1. The Morgan fingerprint density at radius 3 is 2.28 bits per heavy atom. The maximum Gasteiger partial charge on any atom is 0.149 e. The van der Waals surface area contributed by atoms with Crippen molar-refractivity contribution in [2.24, 2.45) is 0 Å². The zero-order valence-electron chi connectivity index (χ0n) is 11.1. The Kier molecular flexibility index (Phi) is 7.36. The molecule has 1 nitrogen and oxygen atoms in total. The third kappa shape index (κ3) is 4.17. The number of likely N-dealkylation sites (N-methyl/N-ethyl adjacent to an activating group) is 1. The van der Waals surface area contributed by atoms with Crippen LogP contribution in [0.1, 0.15) is 13.8 Å². The van der Waals surface area contributed by atoms with Gasteiger partial charge in [0.15, 0.2) is 0 Å². The zero-order valence-corrected chi connectivity index (χ0v) is 11.1. The van der Waals surface area contributed by atoms with Crippen molar-refractivity contribution in [2.45, 2.75) is 13.8 Å². The number of benzene rings is 1. The van der Waals surface area contributed by atoms with E-state index in [4.69, 9.17) is 0 Å². The molecule has 1 aromatic carbocycles. The lowest BCUT2D eigenvalue weighted by Gasteiger charge is -2.20. The van der Waals surface area contributed by atoms with Gasteiger partial charge in [0.2, 0.25) is 0 Å². The van der Waals surface area contributed by atoms with Gasteiger partial charge < -0.3 is 4.90 Å². The summed E-state index contributed by atoms with van der Waals surface area (Å²) in [6.45, 7) is 11.2. The number of rotatable bonds is 4. The molecule has 18 heavy (non-hydrogen) atoms. The van der Waals surface area contributed by atoms with Crippen LogP contribution >= 0.6 is 0 Å². The minimum Gasteiger partial charge on any atom is -0.342 e. The van der Waals surface area contributed by atoms with Crippen LogP contribution in [0.2, 0.25) is 0 Å². The third-order valence-electron chi connectivity index (χ3n) is 2.16. The van der Waals surface area contributed by atoms with Gasteiger partial charge in [0.05, 0.1) is 5.69 Å². The van der Waals surface area contributed by atoms with Crippen LogP contribution in [0.25, 0.3) is 0 Å². The van der Waals surface area contributed by atoms with E-state index in [9.17, 15) is 8.78 Å². The van der Waals surface area contributed by atoms with Gasteiger partial charge in [-0.05, 0) is 24.3 Å². The molecule has 3 heteroatoms. The number of hydrogen-bond acceptors (Lipinski definition) is 1. The van der Waals surface area contributed by atoms with E-state index < -0.39 is 11.6 Å². The molecule has 1 rings (SSSR count). The van der Waals surface area contributed by atoms with Crippen molar-refractivity contribution >= 4 is 5.69 Å². The normalized spacial score (nSPS) is 10.2. The van der Waals surface area contributed by atoms with E-state index in [0.717, 1.165) is 6.07 Å². The summed E-state index contributed by atoms with van der Waals surface area (Å²) in [7, 11) is 1.67. The number of anilines is 1. The van der Waals surface area contributed by atoms with E-state index in [-0.39, 0.29) is 5.69 Å². The minimum atomic E-state index is -0.612. The molecule has 0 amide bonds. The summed E-state index contributed by atoms with van der Waals surface area (Å²) in [6, 6.07) is 3.44. The highest BCUT2D eigenvalue weighted by Crippen LogP contribution is 2.22. The second-order valence-corrected chi connectivity index (χ2v) is 3.19. The molecule has 0 aromatic heterocycles. The molecule has 0 saturated carbocycles. The highest BCUT2D eigenvalue weighted by Gasteiger charge is 2.09. The molecule has 0 atom stereocenters. The summed E-state index contributed by atoms with van der Waals surface area (Å²) in [6.07, 6.45) is 4.84. The van der Waals surface area contributed by atoms with Gasteiger partial charge in [0, 0.05) is 18.8 Å². The fraction of sp³-hybridized carbons (Fsp3) is 0.200. The van der Waals surface area contributed by atoms with Crippen LogP contribution in [-0.2, 0) is 0 Å². The lowest BCUT2D eigenvalue weighted by molar-refractivity contribution is 0.583. The molecular formula is C15H19F2N. The number of allylic oxidation sites excluding steroid dienone is 3. The van der Waals surface area contributed by atoms with Gasteiger partial charge in [-0.25, -0.2) is 8.78 Å². The number of nitrogens with zero attached hydrogens (tertiary/aromatic N) is 1. The van der Waals surface area contributed by atoms with E-state index in [1.165, 1.54) is 12.1 Å². The highest BCUT2D eigenvalue weighted by molar-refractivity contribution is 5.55. The van der Waals surface area contributed by atoms with E-state index in [2.05, 4.69) is 13.2 Å². The predicted molar refractivity (Wildman–Crippen MR) is 74.6 cm³/mol.